The number of fused-ring (bicyclic) bond motifs is 3. The summed E-state index contributed by atoms with van der Waals surface area (Å²) >= 11 is 0. The molecule has 0 spiro atoms. The number of rotatable bonds is 7. The molecule has 0 radical (unpaired) electrons. The zero-order valence-electron chi connectivity index (χ0n) is 22.5. The molecule has 0 atom stereocenters. The van der Waals surface area contributed by atoms with Gasteiger partial charge in [0.15, 0.2) is 15.0 Å². The summed E-state index contributed by atoms with van der Waals surface area (Å²) in [6.45, 7) is 2.07. The second-order valence-corrected chi connectivity index (χ2v) is 15.7. The molecule has 16 heteroatoms. The van der Waals surface area contributed by atoms with Gasteiger partial charge in [-0.3, -0.25) is 0 Å². The molecule has 42 heavy (non-hydrogen) atoms. The van der Waals surface area contributed by atoms with Crippen LogP contribution in [-0.2, 0) is 37.6 Å². The smallest absolute Gasteiger partial charge is 0.428 e. The zero-order valence-corrected chi connectivity index (χ0v) is 25.0. The number of piperidine rings is 1. The Bertz CT molecular complexity index is 1650. The van der Waals surface area contributed by atoms with E-state index in [4.69, 9.17) is 0 Å². The minimum atomic E-state index is -7.23. The van der Waals surface area contributed by atoms with Gasteiger partial charge in [0.1, 0.15) is 11.5 Å². The summed E-state index contributed by atoms with van der Waals surface area (Å²) in [7, 11) is -13.0. The first-order valence-corrected chi connectivity index (χ1v) is 17.7. The summed E-state index contributed by atoms with van der Waals surface area (Å²) in [6.07, 6.45) is 3.32. The maximum absolute atomic E-state index is 13.5. The van der Waals surface area contributed by atoms with Crippen molar-refractivity contribution in [1.82, 2.24) is 8.87 Å². The SMILES string of the molecule is CCn1c2ccccc2c2ccc([S+]3CCCC3)cc21.O=S(=O)([O-])C(F)(F)C(F)(F)C(F)(F)S(=O)(=O)N1CCCCC1. The molecular formula is C26H30F6N2O5S3. The van der Waals surface area contributed by atoms with Crippen LogP contribution < -0.4 is 0 Å². The van der Waals surface area contributed by atoms with Crippen LogP contribution in [0.5, 0.6) is 0 Å². The zero-order chi connectivity index (χ0) is 31.1. The third-order valence-corrected chi connectivity index (χ3v) is 12.8. The Morgan fingerprint density at radius 2 is 1.36 bits per heavy atom. The van der Waals surface area contributed by atoms with Crippen LogP contribution in [-0.4, -0.2) is 71.3 Å². The van der Waals surface area contributed by atoms with Gasteiger partial charge in [-0.05, 0) is 50.8 Å². The van der Waals surface area contributed by atoms with Gasteiger partial charge in [0.05, 0.1) is 5.52 Å². The minimum absolute atomic E-state index is 0.0388. The first-order chi connectivity index (χ1) is 19.5. The first-order valence-electron chi connectivity index (χ1n) is 13.3. The molecule has 2 fully saturated rings. The molecular weight excluding hydrogens is 630 g/mol. The summed E-state index contributed by atoms with van der Waals surface area (Å²) in [4.78, 5) is 1.58. The van der Waals surface area contributed by atoms with E-state index in [9.17, 15) is 47.7 Å². The molecule has 2 saturated heterocycles. The Morgan fingerprint density at radius 1 is 0.786 bits per heavy atom. The van der Waals surface area contributed by atoms with Crippen molar-refractivity contribution >= 4 is 52.8 Å². The predicted molar refractivity (Wildman–Crippen MR) is 149 cm³/mol. The summed E-state index contributed by atoms with van der Waals surface area (Å²) in [6, 6.07) is 16.0. The average Bonchev–Trinajstić information content (AvgIpc) is 3.59. The van der Waals surface area contributed by atoms with Crippen molar-refractivity contribution in [2.24, 2.45) is 0 Å². The van der Waals surface area contributed by atoms with Crippen LogP contribution in [0.1, 0.15) is 39.0 Å². The largest absolute Gasteiger partial charge is 0.743 e. The highest BCUT2D eigenvalue weighted by molar-refractivity contribution is 7.97. The van der Waals surface area contributed by atoms with Gasteiger partial charge in [-0.25, -0.2) is 16.8 Å². The van der Waals surface area contributed by atoms with Crippen LogP contribution in [0, 0.1) is 0 Å². The lowest BCUT2D eigenvalue weighted by Gasteiger charge is -2.36. The van der Waals surface area contributed by atoms with Crippen molar-refractivity contribution in [2.75, 3.05) is 24.6 Å². The van der Waals surface area contributed by atoms with Crippen molar-refractivity contribution in [3.63, 3.8) is 0 Å². The second-order valence-electron chi connectivity index (χ2n) is 10.1. The van der Waals surface area contributed by atoms with E-state index >= 15 is 0 Å². The quantitative estimate of drug-likeness (QED) is 0.183. The van der Waals surface area contributed by atoms with Gasteiger partial charge in [0.2, 0.25) is 0 Å². The Hall–Kier alpha value is -2.01. The van der Waals surface area contributed by atoms with Crippen LogP contribution in [0.25, 0.3) is 21.8 Å². The normalized spacial score (nSPS) is 18.4. The average molecular weight is 661 g/mol. The van der Waals surface area contributed by atoms with Gasteiger partial charge in [0.25, 0.3) is 10.0 Å². The number of benzene rings is 2. The molecule has 0 amide bonds. The van der Waals surface area contributed by atoms with Crippen molar-refractivity contribution < 1.29 is 47.7 Å². The summed E-state index contributed by atoms with van der Waals surface area (Å²) in [5.74, 6) is -4.13. The fourth-order valence-corrected chi connectivity index (χ4v) is 9.54. The third-order valence-electron chi connectivity index (χ3n) is 7.45. The number of aromatic nitrogens is 1. The standard InChI is InChI=1S/C18H20NS.C8H11F6NO5S2/c1-2-19-17-8-4-3-7-15(17)16-10-9-14(13-18(16)19)20-11-5-6-12-20;9-6(10,8(13,14)22(18,19)20)7(11,12)21(16,17)15-4-2-1-3-5-15/h3-4,7-10,13H,2,5-6,11-12H2,1H3;1-5H2,(H,18,19,20)/q+1;/p-1. The highest BCUT2D eigenvalue weighted by Gasteiger charge is 2.80. The van der Waals surface area contributed by atoms with Crippen LogP contribution in [0.2, 0.25) is 0 Å². The summed E-state index contributed by atoms with van der Waals surface area (Å²) < 4.78 is 135. The molecule has 2 aliphatic rings. The molecule has 0 unspecified atom stereocenters. The molecule has 5 rings (SSSR count). The van der Waals surface area contributed by atoms with Gasteiger partial charge < -0.3 is 9.12 Å². The van der Waals surface area contributed by atoms with E-state index < -0.39 is 49.7 Å². The molecule has 2 aliphatic heterocycles. The molecule has 3 aromatic rings. The third kappa shape index (κ3) is 5.53. The fraction of sp³-hybridized carbons (Fsp3) is 0.538. The number of hydrogen-bond acceptors (Lipinski definition) is 5. The lowest BCUT2D eigenvalue weighted by molar-refractivity contribution is -0.247. The molecule has 1 aromatic heterocycles. The van der Waals surface area contributed by atoms with E-state index in [1.807, 2.05) is 0 Å². The van der Waals surface area contributed by atoms with Gasteiger partial charge >= 0.3 is 16.4 Å². The number of nitrogens with zero attached hydrogens (tertiary/aromatic N) is 2. The highest BCUT2D eigenvalue weighted by atomic mass is 32.2. The van der Waals surface area contributed by atoms with E-state index in [0.717, 1.165) is 6.54 Å². The van der Waals surface area contributed by atoms with Crippen molar-refractivity contribution in [3.05, 3.63) is 42.5 Å². The summed E-state index contributed by atoms with van der Waals surface area (Å²) in [5.41, 5.74) is 2.79. The van der Waals surface area contributed by atoms with Crippen molar-refractivity contribution in [1.29, 1.82) is 0 Å². The fourth-order valence-electron chi connectivity index (χ4n) is 5.20. The van der Waals surface area contributed by atoms with Gasteiger partial charge in [-0.15, -0.1) is 0 Å². The van der Waals surface area contributed by atoms with Gasteiger partial charge in [-0.1, -0.05) is 24.6 Å². The van der Waals surface area contributed by atoms with E-state index in [1.54, 1.807) is 4.90 Å². The minimum Gasteiger partial charge on any atom is -0.743 e. The number of para-hydroxylation sites is 1. The van der Waals surface area contributed by atoms with E-state index in [1.165, 1.54) is 46.2 Å². The summed E-state index contributed by atoms with van der Waals surface area (Å²) in [5, 5.41) is -10.5. The van der Waals surface area contributed by atoms with Gasteiger partial charge in [-0.2, -0.15) is 30.6 Å². The first kappa shape index (κ1) is 32.9. The van der Waals surface area contributed by atoms with Crippen molar-refractivity contribution in [2.45, 2.75) is 66.9 Å². The molecule has 0 N–H and O–H groups in total. The predicted octanol–water partition coefficient (Wildman–Crippen LogP) is 5.75. The highest BCUT2D eigenvalue weighted by Crippen LogP contribution is 2.51. The number of hydrogen-bond donors (Lipinski definition) is 0. The molecule has 7 nitrogen and oxygen atoms in total. The Morgan fingerprint density at radius 3 is 1.93 bits per heavy atom. The lowest BCUT2D eigenvalue weighted by Crippen LogP contribution is -2.63. The second kappa shape index (κ2) is 11.8. The maximum Gasteiger partial charge on any atom is 0.428 e. The van der Waals surface area contributed by atoms with E-state index in [2.05, 4.69) is 54.0 Å². The monoisotopic (exact) mass is 660 g/mol. The maximum atomic E-state index is 13.5. The van der Waals surface area contributed by atoms with E-state index in [0.29, 0.717) is 17.3 Å². The van der Waals surface area contributed by atoms with E-state index in [-0.39, 0.29) is 17.1 Å². The molecule has 234 valence electrons. The number of sulfonamides is 1. The number of alkyl halides is 6. The number of halogens is 6. The van der Waals surface area contributed by atoms with Crippen LogP contribution in [0.3, 0.4) is 0 Å². The molecule has 3 heterocycles. The molecule has 0 bridgehead atoms. The topological polar surface area (TPSA) is 99.5 Å². The van der Waals surface area contributed by atoms with Crippen LogP contribution >= 0.6 is 0 Å². The molecule has 0 aliphatic carbocycles. The lowest BCUT2D eigenvalue weighted by atomic mass is 10.2. The van der Waals surface area contributed by atoms with Crippen LogP contribution in [0.4, 0.5) is 26.3 Å². The Kier molecular flexibility index (Phi) is 9.26. The van der Waals surface area contributed by atoms with Gasteiger partial charge in [0, 0.05) is 52.9 Å². The molecule has 0 saturated carbocycles. The Balaban J connectivity index is 0.000000193. The van der Waals surface area contributed by atoms with Crippen LogP contribution in [0.15, 0.2) is 47.4 Å². The Labute approximate surface area is 243 Å². The van der Waals surface area contributed by atoms with Crippen molar-refractivity contribution in [3.8, 4) is 0 Å². The number of aryl methyl sites for hydroxylation is 1. The molecule has 2 aromatic carbocycles.